The lowest BCUT2D eigenvalue weighted by atomic mass is 9.78. The standard InChI is InChI=1S/C51H79NO13/c1-30-16-12-11-13-17-31(2)42(61-8)28-38-21-19-36(7)51(60,65-38)48(57)49(58)52-23-15-14-18-39(52)50(59)64-43(33(4)26-37-20-22-40(53)44(27-37)62-9)29-41(54)32(3)25-35(6)46(56)47(63-10)45(55)34(5)24-30/h11-13,16-17,25,30,33-40,42-44,46-47,53,56,60H,14-15,18-24,26-29H2,1-10H3/t30-,33-,34-,35?,36-,37+,38+,39+,40-,42+,43?,44-,46-,47+,51-/m1/s1. The second kappa shape index (κ2) is 25.1. The van der Waals surface area contributed by atoms with E-state index < -0.39 is 83.9 Å². The number of carbonyl (C=O) groups excluding carboxylic acids is 5. The van der Waals surface area contributed by atoms with Gasteiger partial charge in [0, 0.05) is 58.5 Å². The summed E-state index contributed by atoms with van der Waals surface area (Å²) in [6.07, 6.45) is 11.2. The molecule has 15 atom stereocenters. The lowest BCUT2D eigenvalue weighted by Crippen LogP contribution is -2.61. The van der Waals surface area contributed by atoms with Gasteiger partial charge in [-0.15, -0.1) is 0 Å². The summed E-state index contributed by atoms with van der Waals surface area (Å²) in [5.74, 6) is -7.93. The number of Topliss-reactive ketones (excluding diaryl/α,β-unsaturated/α-hetero) is 3. The van der Waals surface area contributed by atoms with Crippen LogP contribution in [-0.2, 0) is 47.7 Å². The molecule has 1 aliphatic carbocycles. The number of carbonyl (C=O) groups is 5. The zero-order valence-corrected chi connectivity index (χ0v) is 40.6. The number of aliphatic hydroxyl groups excluding tert-OH is 2. The molecule has 3 aliphatic heterocycles. The fourth-order valence-corrected chi connectivity index (χ4v) is 10.1. The number of hydrogen-bond acceptors (Lipinski definition) is 13. The van der Waals surface area contributed by atoms with E-state index in [1.54, 1.807) is 41.1 Å². The van der Waals surface area contributed by atoms with Crippen molar-refractivity contribution in [2.24, 2.45) is 35.5 Å². The van der Waals surface area contributed by atoms with Crippen LogP contribution in [0.2, 0.25) is 0 Å². The largest absolute Gasteiger partial charge is 0.460 e. The molecule has 0 aromatic carbocycles. The smallest absolute Gasteiger partial charge is 0.329 e. The van der Waals surface area contributed by atoms with Crippen molar-refractivity contribution >= 4 is 29.2 Å². The maximum absolute atomic E-state index is 14.4. The first-order chi connectivity index (χ1) is 30.7. The van der Waals surface area contributed by atoms with E-state index in [1.807, 2.05) is 58.1 Å². The average Bonchev–Trinajstić information content (AvgIpc) is 3.28. The van der Waals surface area contributed by atoms with Crippen LogP contribution in [-0.4, -0.2) is 132 Å². The van der Waals surface area contributed by atoms with Crippen molar-refractivity contribution in [1.82, 2.24) is 4.90 Å². The molecule has 4 aliphatic rings. The lowest BCUT2D eigenvalue weighted by molar-refractivity contribution is -0.265. The van der Waals surface area contributed by atoms with Gasteiger partial charge in [0.05, 0.1) is 30.5 Å². The topological polar surface area (TPSA) is 195 Å². The van der Waals surface area contributed by atoms with Crippen LogP contribution in [0, 0.1) is 35.5 Å². The van der Waals surface area contributed by atoms with E-state index in [0.717, 1.165) is 12.0 Å². The molecule has 65 heavy (non-hydrogen) atoms. The van der Waals surface area contributed by atoms with Crippen LogP contribution in [0.5, 0.6) is 0 Å². The van der Waals surface area contributed by atoms with Crippen molar-refractivity contribution in [3.63, 3.8) is 0 Å². The molecular weight excluding hydrogens is 835 g/mol. The van der Waals surface area contributed by atoms with Gasteiger partial charge < -0.3 is 43.9 Å². The van der Waals surface area contributed by atoms with Gasteiger partial charge in [-0.1, -0.05) is 71.1 Å². The molecule has 3 N–H and O–H groups in total. The normalized spacial score (nSPS) is 37.8. The number of methoxy groups -OCH3 is 3. The molecule has 1 saturated carbocycles. The summed E-state index contributed by atoms with van der Waals surface area (Å²) in [7, 11) is 4.53. The van der Waals surface area contributed by atoms with Crippen molar-refractivity contribution in [2.75, 3.05) is 27.9 Å². The summed E-state index contributed by atoms with van der Waals surface area (Å²) in [5.41, 5.74) is 1.19. The number of ether oxygens (including phenoxy) is 5. The quantitative estimate of drug-likeness (QED) is 0.202. The monoisotopic (exact) mass is 914 g/mol. The lowest BCUT2D eigenvalue weighted by Gasteiger charge is -2.42. The number of nitrogens with zero attached hydrogens (tertiary/aromatic N) is 1. The van der Waals surface area contributed by atoms with E-state index in [4.69, 9.17) is 23.7 Å². The highest BCUT2D eigenvalue weighted by atomic mass is 16.6. The van der Waals surface area contributed by atoms with Gasteiger partial charge in [-0.25, -0.2) is 4.79 Å². The van der Waals surface area contributed by atoms with E-state index in [1.165, 1.54) is 12.0 Å². The van der Waals surface area contributed by atoms with Crippen LogP contribution in [0.3, 0.4) is 0 Å². The fraction of sp³-hybridized carbons (Fsp3) is 0.745. The minimum atomic E-state index is -2.43. The molecular formula is C51H79NO13. The molecule has 2 unspecified atom stereocenters. The Kier molecular flexibility index (Phi) is 21.0. The Hall–Kier alpha value is -3.37. The zero-order chi connectivity index (χ0) is 48.2. The first-order valence-electron chi connectivity index (χ1n) is 23.9. The Bertz CT molecular complexity index is 1760. The van der Waals surface area contributed by atoms with Gasteiger partial charge in [0.1, 0.15) is 18.2 Å². The number of aliphatic hydroxyl groups is 3. The van der Waals surface area contributed by atoms with Crippen LogP contribution < -0.4 is 0 Å². The van der Waals surface area contributed by atoms with Gasteiger partial charge in [-0.05, 0) is 107 Å². The molecule has 14 nitrogen and oxygen atoms in total. The summed E-state index contributed by atoms with van der Waals surface area (Å²) in [4.78, 5) is 71.7. The molecule has 0 aromatic heterocycles. The fourth-order valence-electron chi connectivity index (χ4n) is 10.1. The number of rotatable bonds is 6. The number of hydrogen-bond donors (Lipinski definition) is 3. The molecule has 0 spiro atoms. The molecule has 2 saturated heterocycles. The Morgan fingerprint density at radius 2 is 1.58 bits per heavy atom. The minimum absolute atomic E-state index is 0.0220. The van der Waals surface area contributed by atoms with E-state index in [9.17, 15) is 39.3 Å². The predicted molar refractivity (Wildman–Crippen MR) is 245 cm³/mol. The second-order valence-corrected chi connectivity index (χ2v) is 19.6. The van der Waals surface area contributed by atoms with E-state index in [2.05, 4.69) is 0 Å². The number of piperidine rings is 1. The SMILES string of the molecule is CO[C@H]1C[C@@H]2CC[C@@H](C)[C@@](O)(O2)C(=O)C(=O)N2CCCC[C@H]2C(=O)OC([C@H](C)C[C@@H]2CC[C@@H](O)[C@H](OC)C2)CC(=O)C(C)=CC(C)[C@@H](O)[C@@H](OC)C(=O)[C@H](C)C[C@H](C)C=CC=CC=C1C. The number of fused-ring (bicyclic) bond motifs is 3. The first-order valence-corrected chi connectivity index (χ1v) is 23.9. The Morgan fingerprint density at radius 3 is 2.26 bits per heavy atom. The van der Waals surface area contributed by atoms with Crippen molar-refractivity contribution in [3.8, 4) is 0 Å². The number of ketones is 3. The van der Waals surface area contributed by atoms with E-state index in [0.29, 0.717) is 63.4 Å². The molecule has 0 radical (unpaired) electrons. The van der Waals surface area contributed by atoms with Gasteiger partial charge in [-0.2, -0.15) is 0 Å². The molecule has 2 bridgehead atoms. The maximum Gasteiger partial charge on any atom is 0.329 e. The first kappa shape index (κ1) is 54.2. The summed E-state index contributed by atoms with van der Waals surface area (Å²) in [5, 5.41) is 33.9. The van der Waals surface area contributed by atoms with Crippen LogP contribution in [0.25, 0.3) is 0 Å². The molecule has 366 valence electrons. The van der Waals surface area contributed by atoms with Crippen LogP contribution in [0.1, 0.15) is 126 Å². The summed E-state index contributed by atoms with van der Waals surface area (Å²) in [6.45, 7) is 12.7. The van der Waals surface area contributed by atoms with Gasteiger partial charge in [0.2, 0.25) is 5.79 Å². The highest BCUT2D eigenvalue weighted by molar-refractivity contribution is 6.39. The molecule has 4 rings (SSSR count). The average molecular weight is 914 g/mol. The number of allylic oxidation sites excluding steroid dienone is 6. The van der Waals surface area contributed by atoms with Crippen molar-refractivity contribution in [3.05, 3.63) is 47.6 Å². The van der Waals surface area contributed by atoms with Crippen LogP contribution in [0.4, 0.5) is 0 Å². The van der Waals surface area contributed by atoms with Gasteiger partial charge in [0.15, 0.2) is 11.6 Å². The Balaban J connectivity index is 1.70. The van der Waals surface area contributed by atoms with Gasteiger partial charge in [-0.3, -0.25) is 19.2 Å². The Labute approximate surface area is 387 Å². The number of esters is 1. The van der Waals surface area contributed by atoms with Gasteiger partial charge >= 0.3 is 5.97 Å². The van der Waals surface area contributed by atoms with E-state index in [-0.39, 0.29) is 54.8 Å². The Morgan fingerprint density at radius 1 is 0.862 bits per heavy atom. The van der Waals surface area contributed by atoms with Gasteiger partial charge in [0.25, 0.3) is 11.7 Å². The zero-order valence-electron chi connectivity index (χ0n) is 40.6. The van der Waals surface area contributed by atoms with Crippen molar-refractivity contribution < 1.29 is 63.0 Å². The summed E-state index contributed by atoms with van der Waals surface area (Å²) < 4.78 is 29.4. The number of amides is 1. The minimum Gasteiger partial charge on any atom is -0.460 e. The predicted octanol–water partition coefficient (Wildman–Crippen LogP) is 6.18. The molecule has 0 aromatic rings. The van der Waals surface area contributed by atoms with Crippen molar-refractivity contribution in [1.29, 1.82) is 0 Å². The van der Waals surface area contributed by atoms with E-state index >= 15 is 0 Å². The summed E-state index contributed by atoms with van der Waals surface area (Å²) in [6, 6.07) is -1.14. The maximum atomic E-state index is 14.4. The van der Waals surface area contributed by atoms with Crippen molar-refractivity contribution in [2.45, 2.75) is 180 Å². The molecule has 3 heterocycles. The highest BCUT2D eigenvalue weighted by Crippen LogP contribution is 2.38. The molecule has 1 amide bonds. The second-order valence-electron chi connectivity index (χ2n) is 19.6. The third-order valence-electron chi connectivity index (χ3n) is 14.5. The van der Waals surface area contributed by atoms with Crippen LogP contribution >= 0.6 is 0 Å². The third kappa shape index (κ3) is 14.3. The highest BCUT2D eigenvalue weighted by Gasteiger charge is 2.53. The summed E-state index contributed by atoms with van der Waals surface area (Å²) >= 11 is 0. The number of cyclic esters (lactones) is 1. The van der Waals surface area contributed by atoms with Crippen LogP contribution in [0.15, 0.2) is 47.6 Å². The molecule has 14 heteroatoms. The molecule has 3 fully saturated rings. The third-order valence-corrected chi connectivity index (χ3v) is 14.5.